The van der Waals surface area contributed by atoms with Gasteiger partial charge in [0.15, 0.2) is 0 Å². The van der Waals surface area contributed by atoms with Crippen molar-refractivity contribution in [1.82, 2.24) is 4.98 Å². The van der Waals surface area contributed by atoms with Crippen molar-refractivity contribution in [2.75, 3.05) is 30.0 Å². The minimum atomic E-state index is -0.482. The normalized spacial score (nSPS) is 22.6. The minimum absolute atomic E-state index is 0.0243. The molecule has 3 aliphatic heterocycles. The van der Waals surface area contributed by atoms with Crippen LogP contribution in [0.5, 0.6) is 0 Å². The van der Waals surface area contributed by atoms with E-state index in [0.717, 1.165) is 53.3 Å². The summed E-state index contributed by atoms with van der Waals surface area (Å²) in [5, 5.41) is 3.43. The number of rotatable bonds is 4. The number of pyridine rings is 1. The fourth-order valence-corrected chi connectivity index (χ4v) is 4.67. The average molecular weight is 450 g/mol. The number of amides is 1. The van der Waals surface area contributed by atoms with Gasteiger partial charge in [-0.25, -0.2) is 4.98 Å². The van der Waals surface area contributed by atoms with Gasteiger partial charge >= 0.3 is 0 Å². The highest BCUT2D eigenvalue weighted by Crippen LogP contribution is 2.38. The molecule has 1 amide bonds. The number of nitrogens with one attached hydrogen (secondary N) is 1. The van der Waals surface area contributed by atoms with Crippen molar-refractivity contribution in [3.05, 3.63) is 53.7 Å². The van der Waals surface area contributed by atoms with E-state index < -0.39 is 6.10 Å². The number of carbonyl (C=O) groups excluding carboxylic acids is 1. The third-order valence-electron chi connectivity index (χ3n) is 6.28. The second-order valence-corrected chi connectivity index (χ2v) is 9.07. The van der Waals surface area contributed by atoms with E-state index in [-0.39, 0.29) is 18.1 Å². The molecular formula is C26H31N3O4. The highest BCUT2D eigenvalue weighted by Gasteiger charge is 2.34. The van der Waals surface area contributed by atoms with Crippen molar-refractivity contribution in [2.24, 2.45) is 0 Å². The lowest BCUT2D eigenvalue weighted by atomic mass is 10.0. The standard InChI is InChI=1S/C26H31N3O4/c1-17(2)33-21-8-10-24(32-16-21)26(30)29-14-19-5-3-11-27-25(19)28-22-9-7-18(13-23(22)29)20-6-4-12-31-15-20/h3,5-7,9,11,13,17,21,24H,4,8,10,12,14-16H2,1-2H3,(H,27,28)/t21-,24+/m0/s1. The first-order chi connectivity index (χ1) is 16.1. The van der Waals surface area contributed by atoms with Crippen LogP contribution < -0.4 is 10.2 Å². The van der Waals surface area contributed by atoms with Gasteiger partial charge in [-0.3, -0.25) is 4.79 Å². The average Bonchev–Trinajstić information content (AvgIpc) is 3.00. The number of fused-ring (bicyclic) bond motifs is 2. The Kier molecular flexibility index (Phi) is 6.44. The molecule has 4 heterocycles. The van der Waals surface area contributed by atoms with Crippen molar-refractivity contribution in [3.8, 4) is 0 Å². The van der Waals surface area contributed by atoms with Crippen molar-refractivity contribution in [1.29, 1.82) is 0 Å². The first-order valence-electron chi connectivity index (χ1n) is 11.8. The van der Waals surface area contributed by atoms with Gasteiger partial charge in [-0.2, -0.15) is 0 Å². The Hall–Kier alpha value is -2.74. The maximum absolute atomic E-state index is 13.8. The largest absolute Gasteiger partial charge is 0.376 e. The molecule has 5 rings (SSSR count). The van der Waals surface area contributed by atoms with Crippen molar-refractivity contribution < 1.29 is 19.0 Å². The quantitative estimate of drug-likeness (QED) is 0.744. The molecule has 1 N–H and O–H groups in total. The lowest BCUT2D eigenvalue weighted by Gasteiger charge is -2.33. The smallest absolute Gasteiger partial charge is 0.256 e. The third kappa shape index (κ3) is 4.81. The van der Waals surface area contributed by atoms with E-state index in [2.05, 4.69) is 28.5 Å². The molecule has 0 aliphatic carbocycles. The van der Waals surface area contributed by atoms with Gasteiger partial charge in [0.2, 0.25) is 0 Å². The summed E-state index contributed by atoms with van der Waals surface area (Å²) in [6, 6.07) is 10.1. The van der Waals surface area contributed by atoms with Crippen LogP contribution in [0, 0.1) is 0 Å². The Balaban J connectivity index is 1.45. The summed E-state index contributed by atoms with van der Waals surface area (Å²) in [6.45, 7) is 6.26. The number of carbonyl (C=O) groups is 1. The SMILES string of the molecule is CC(C)O[C@H]1CC[C@H](C(=O)N2Cc3cccnc3Nc3ccc(C4=CCCOC4)cc32)OC1. The van der Waals surface area contributed by atoms with E-state index in [1.54, 1.807) is 6.20 Å². The molecule has 2 aromatic rings. The van der Waals surface area contributed by atoms with Gasteiger partial charge in [0.1, 0.15) is 11.9 Å². The summed E-state index contributed by atoms with van der Waals surface area (Å²) >= 11 is 0. The molecule has 0 spiro atoms. The fraction of sp³-hybridized carbons (Fsp3) is 0.462. The molecule has 2 atom stereocenters. The highest BCUT2D eigenvalue weighted by atomic mass is 16.5. The summed E-state index contributed by atoms with van der Waals surface area (Å²) in [5.74, 6) is 0.751. The summed E-state index contributed by atoms with van der Waals surface area (Å²) in [6.07, 6.45) is 6.06. The van der Waals surface area contributed by atoms with Gasteiger partial charge in [0.05, 0.1) is 49.9 Å². The van der Waals surface area contributed by atoms with Crippen LogP contribution in [0.15, 0.2) is 42.6 Å². The summed E-state index contributed by atoms with van der Waals surface area (Å²) in [4.78, 5) is 20.1. The highest BCUT2D eigenvalue weighted by molar-refractivity contribution is 6.01. The van der Waals surface area contributed by atoms with Gasteiger partial charge in [-0.05, 0) is 62.4 Å². The van der Waals surface area contributed by atoms with Gasteiger partial charge in [0.25, 0.3) is 5.91 Å². The van der Waals surface area contributed by atoms with Gasteiger partial charge in [0, 0.05) is 11.8 Å². The number of nitrogens with zero attached hydrogens (tertiary/aromatic N) is 2. The number of anilines is 3. The number of hydrogen-bond acceptors (Lipinski definition) is 6. The molecule has 7 heteroatoms. The predicted octanol–water partition coefficient (Wildman–Crippen LogP) is 4.45. The number of ether oxygens (including phenoxy) is 3. The molecule has 1 aromatic carbocycles. The predicted molar refractivity (Wildman–Crippen MR) is 128 cm³/mol. The molecule has 7 nitrogen and oxygen atoms in total. The topological polar surface area (TPSA) is 72.9 Å². The van der Waals surface area contributed by atoms with Gasteiger partial charge in [-0.1, -0.05) is 18.2 Å². The zero-order valence-electron chi connectivity index (χ0n) is 19.3. The zero-order valence-corrected chi connectivity index (χ0v) is 19.3. The second kappa shape index (κ2) is 9.63. The molecule has 1 fully saturated rings. The van der Waals surface area contributed by atoms with E-state index in [4.69, 9.17) is 14.2 Å². The first-order valence-corrected chi connectivity index (χ1v) is 11.8. The Morgan fingerprint density at radius 1 is 1.27 bits per heavy atom. The molecule has 174 valence electrons. The summed E-state index contributed by atoms with van der Waals surface area (Å²) in [5.41, 5.74) is 4.89. The van der Waals surface area contributed by atoms with Crippen LogP contribution in [0.1, 0.15) is 44.2 Å². The Labute approximate surface area is 194 Å². The number of hydrogen-bond donors (Lipinski definition) is 1. The fourth-order valence-electron chi connectivity index (χ4n) is 4.67. The molecule has 3 aliphatic rings. The molecule has 33 heavy (non-hydrogen) atoms. The van der Waals surface area contributed by atoms with Crippen LogP contribution in [0.3, 0.4) is 0 Å². The maximum Gasteiger partial charge on any atom is 0.256 e. The lowest BCUT2D eigenvalue weighted by molar-refractivity contribution is -0.143. The van der Waals surface area contributed by atoms with E-state index in [0.29, 0.717) is 26.2 Å². The second-order valence-electron chi connectivity index (χ2n) is 9.07. The zero-order chi connectivity index (χ0) is 22.8. The maximum atomic E-state index is 13.8. The molecule has 1 saturated heterocycles. The van der Waals surface area contributed by atoms with Crippen molar-refractivity contribution in [3.63, 3.8) is 0 Å². The molecule has 0 unspecified atom stereocenters. The minimum Gasteiger partial charge on any atom is -0.376 e. The van der Waals surface area contributed by atoms with Gasteiger partial charge < -0.3 is 24.4 Å². The molecular weight excluding hydrogens is 418 g/mol. The Morgan fingerprint density at radius 3 is 2.94 bits per heavy atom. The molecule has 0 bridgehead atoms. The first kappa shape index (κ1) is 22.1. The third-order valence-corrected chi connectivity index (χ3v) is 6.28. The van der Waals surface area contributed by atoms with E-state index in [1.807, 2.05) is 36.9 Å². The number of benzene rings is 1. The molecule has 0 saturated carbocycles. The van der Waals surface area contributed by atoms with E-state index in [9.17, 15) is 4.79 Å². The van der Waals surface area contributed by atoms with Crippen LogP contribution in [0.2, 0.25) is 0 Å². The van der Waals surface area contributed by atoms with Crippen LogP contribution in [0.25, 0.3) is 5.57 Å². The van der Waals surface area contributed by atoms with Crippen LogP contribution in [-0.2, 0) is 25.5 Å². The van der Waals surface area contributed by atoms with Crippen LogP contribution >= 0.6 is 0 Å². The Bertz CT molecular complexity index is 1040. The van der Waals surface area contributed by atoms with E-state index >= 15 is 0 Å². The Morgan fingerprint density at radius 2 is 2.18 bits per heavy atom. The summed E-state index contributed by atoms with van der Waals surface area (Å²) in [7, 11) is 0. The molecule has 1 aromatic heterocycles. The number of aromatic nitrogens is 1. The van der Waals surface area contributed by atoms with Crippen molar-refractivity contribution in [2.45, 2.75) is 58.0 Å². The van der Waals surface area contributed by atoms with E-state index in [1.165, 1.54) is 0 Å². The van der Waals surface area contributed by atoms with Crippen molar-refractivity contribution >= 4 is 28.7 Å². The monoisotopic (exact) mass is 449 g/mol. The van der Waals surface area contributed by atoms with Gasteiger partial charge in [-0.15, -0.1) is 0 Å². The molecule has 0 radical (unpaired) electrons. The lowest BCUT2D eigenvalue weighted by Crippen LogP contribution is -2.44. The summed E-state index contributed by atoms with van der Waals surface area (Å²) < 4.78 is 17.6. The van der Waals surface area contributed by atoms with Crippen LogP contribution in [0.4, 0.5) is 17.2 Å². The van der Waals surface area contributed by atoms with Crippen LogP contribution in [-0.4, -0.2) is 49.0 Å².